The smallest absolute Gasteiger partial charge is 0.194 e. The van der Waals surface area contributed by atoms with Gasteiger partial charge in [0.25, 0.3) is 0 Å². The van der Waals surface area contributed by atoms with Crippen LogP contribution in [0, 0.1) is 0 Å². The van der Waals surface area contributed by atoms with Gasteiger partial charge in [-0.3, -0.25) is 4.40 Å². The number of benzene rings is 2. The number of ether oxygens (including phenoxy) is 1. The van der Waals surface area contributed by atoms with Crippen LogP contribution in [0.3, 0.4) is 0 Å². The third-order valence-corrected chi connectivity index (χ3v) is 4.50. The molecule has 0 fully saturated rings. The number of aromatic nitrogens is 2. The van der Waals surface area contributed by atoms with E-state index in [1.807, 2.05) is 36.4 Å². The van der Waals surface area contributed by atoms with E-state index in [4.69, 9.17) is 9.72 Å². The minimum Gasteiger partial charge on any atom is -0.496 e. The van der Waals surface area contributed by atoms with Gasteiger partial charge in [-0.15, -0.1) is 11.3 Å². The summed E-state index contributed by atoms with van der Waals surface area (Å²) in [5.41, 5.74) is 4.30. The molecule has 0 amide bonds. The first-order valence-corrected chi connectivity index (χ1v) is 7.90. The zero-order valence-electron chi connectivity index (χ0n) is 12.1. The van der Waals surface area contributed by atoms with Crippen molar-refractivity contribution in [1.82, 2.24) is 9.38 Å². The zero-order chi connectivity index (χ0) is 14.9. The summed E-state index contributed by atoms with van der Waals surface area (Å²) in [5.74, 6) is 0.872. The van der Waals surface area contributed by atoms with Gasteiger partial charge in [0.15, 0.2) is 4.96 Å². The molecule has 0 aliphatic heterocycles. The van der Waals surface area contributed by atoms with Crippen LogP contribution in [-0.2, 0) is 0 Å². The molecule has 0 saturated carbocycles. The molecule has 2 aromatic carbocycles. The molecule has 0 N–H and O–H groups in total. The molecule has 0 spiro atoms. The number of fused-ring (bicyclic) bond motifs is 1. The maximum atomic E-state index is 5.48. The summed E-state index contributed by atoms with van der Waals surface area (Å²) in [6.45, 7) is 0. The number of imidazole rings is 1. The molecule has 0 aliphatic rings. The topological polar surface area (TPSA) is 26.5 Å². The number of methoxy groups -OCH3 is 1. The minimum absolute atomic E-state index is 0.872. The lowest BCUT2D eigenvalue weighted by molar-refractivity contribution is 0.416. The minimum atomic E-state index is 0.872. The lowest BCUT2D eigenvalue weighted by atomic mass is 10.1. The molecular weight excluding hydrogens is 292 g/mol. The Morgan fingerprint density at radius 2 is 1.77 bits per heavy atom. The molecule has 22 heavy (non-hydrogen) atoms. The van der Waals surface area contributed by atoms with Gasteiger partial charge in [0.1, 0.15) is 5.75 Å². The summed E-state index contributed by atoms with van der Waals surface area (Å²) in [7, 11) is 1.70. The second-order valence-electron chi connectivity index (χ2n) is 4.97. The Morgan fingerprint density at radius 1 is 1.00 bits per heavy atom. The Morgan fingerprint density at radius 3 is 2.59 bits per heavy atom. The Hall–Kier alpha value is -2.59. The number of rotatable bonds is 3. The highest BCUT2D eigenvalue weighted by Gasteiger charge is 2.13. The van der Waals surface area contributed by atoms with Crippen LogP contribution in [0.4, 0.5) is 0 Å². The van der Waals surface area contributed by atoms with Gasteiger partial charge in [0.05, 0.1) is 18.5 Å². The van der Waals surface area contributed by atoms with Crippen LogP contribution in [-0.4, -0.2) is 16.5 Å². The SMILES string of the molecule is COc1ccccc1-c1csc2nc(-c3ccccc3)cn12. The Bertz CT molecular complexity index is 925. The summed E-state index contributed by atoms with van der Waals surface area (Å²) < 4.78 is 7.61. The van der Waals surface area contributed by atoms with E-state index in [2.05, 4.69) is 34.2 Å². The van der Waals surface area contributed by atoms with Crippen molar-refractivity contribution in [2.45, 2.75) is 0 Å². The normalized spacial score (nSPS) is 11.0. The fourth-order valence-corrected chi connectivity index (χ4v) is 3.46. The molecule has 4 heteroatoms. The zero-order valence-corrected chi connectivity index (χ0v) is 12.9. The van der Waals surface area contributed by atoms with Crippen molar-refractivity contribution in [2.75, 3.05) is 7.11 Å². The van der Waals surface area contributed by atoms with Crippen LogP contribution >= 0.6 is 11.3 Å². The average molecular weight is 306 g/mol. The van der Waals surface area contributed by atoms with Crippen molar-refractivity contribution in [3.63, 3.8) is 0 Å². The highest BCUT2D eigenvalue weighted by molar-refractivity contribution is 7.15. The van der Waals surface area contributed by atoms with Crippen LogP contribution in [0.2, 0.25) is 0 Å². The van der Waals surface area contributed by atoms with E-state index in [9.17, 15) is 0 Å². The molecule has 4 aromatic rings. The Kier molecular flexibility index (Phi) is 3.16. The molecule has 0 radical (unpaired) electrons. The summed E-state index contributed by atoms with van der Waals surface area (Å²) in [6, 6.07) is 18.3. The van der Waals surface area contributed by atoms with Crippen LogP contribution in [0.25, 0.3) is 27.5 Å². The molecule has 2 aromatic heterocycles. The van der Waals surface area contributed by atoms with Gasteiger partial charge >= 0.3 is 0 Å². The van der Waals surface area contributed by atoms with Gasteiger partial charge in [-0.25, -0.2) is 4.98 Å². The second kappa shape index (κ2) is 5.31. The predicted octanol–water partition coefficient (Wildman–Crippen LogP) is 4.74. The number of para-hydroxylation sites is 1. The highest BCUT2D eigenvalue weighted by Crippen LogP contribution is 2.34. The van der Waals surface area contributed by atoms with Crippen molar-refractivity contribution in [3.05, 3.63) is 66.2 Å². The van der Waals surface area contributed by atoms with Crippen molar-refractivity contribution in [1.29, 1.82) is 0 Å². The van der Waals surface area contributed by atoms with Gasteiger partial charge in [-0.05, 0) is 12.1 Å². The van der Waals surface area contributed by atoms with Crippen molar-refractivity contribution in [2.24, 2.45) is 0 Å². The first-order valence-electron chi connectivity index (χ1n) is 7.02. The molecular formula is C18H14N2OS. The summed E-state index contributed by atoms with van der Waals surface area (Å²) >= 11 is 1.64. The van der Waals surface area contributed by atoms with Crippen LogP contribution < -0.4 is 4.74 Å². The van der Waals surface area contributed by atoms with E-state index in [1.165, 1.54) is 0 Å². The summed E-state index contributed by atoms with van der Waals surface area (Å²) in [4.78, 5) is 5.71. The van der Waals surface area contributed by atoms with E-state index < -0.39 is 0 Å². The van der Waals surface area contributed by atoms with E-state index >= 15 is 0 Å². The lowest BCUT2D eigenvalue weighted by Crippen LogP contribution is -1.89. The lowest BCUT2D eigenvalue weighted by Gasteiger charge is -2.06. The summed E-state index contributed by atoms with van der Waals surface area (Å²) in [5, 5.41) is 2.12. The first kappa shape index (κ1) is 13.1. The van der Waals surface area contributed by atoms with Gasteiger partial charge < -0.3 is 4.74 Å². The van der Waals surface area contributed by atoms with Gasteiger partial charge in [0.2, 0.25) is 0 Å². The van der Waals surface area contributed by atoms with Crippen molar-refractivity contribution >= 4 is 16.3 Å². The molecule has 108 valence electrons. The molecule has 2 heterocycles. The molecule has 0 bridgehead atoms. The fraction of sp³-hybridized carbons (Fsp3) is 0.0556. The van der Waals surface area contributed by atoms with Crippen molar-refractivity contribution in [3.8, 4) is 28.3 Å². The molecule has 0 aliphatic carbocycles. The maximum Gasteiger partial charge on any atom is 0.194 e. The third kappa shape index (κ3) is 2.09. The summed E-state index contributed by atoms with van der Waals surface area (Å²) in [6.07, 6.45) is 2.09. The number of hydrogen-bond donors (Lipinski definition) is 0. The van der Waals surface area contributed by atoms with Gasteiger partial charge in [-0.1, -0.05) is 42.5 Å². The average Bonchev–Trinajstić information content (AvgIpc) is 3.16. The second-order valence-corrected chi connectivity index (χ2v) is 5.80. The molecule has 4 rings (SSSR count). The fourth-order valence-electron chi connectivity index (χ4n) is 2.58. The van der Waals surface area contributed by atoms with Gasteiger partial charge in [0, 0.05) is 22.7 Å². The largest absolute Gasteiger partial charge is 0.496 e. The van der Waals surface area contributed by atoms with Crippen LogP contribution in [0.15, 0.2) is 66.2 Å². The Labute approximate surface area is 132 Å². The van der Waals surface area contributed by atoms with Crippen LogP contribution in [0.5, 0.6) is 5.75 Å². The number of nitrogens with zero attached hydrogens (tertiary/aromatic N) is 2. The van der Waals surface area contributed by atoms with E-state index in [0.29, 0.717) is 0 Å². The van der Waals surface area contributed by atoms with E-state index in [1.54, 1.807) is 18.4 Å². The first-order chi connectivity index (χ1) is 10.9. The standard InChI is InChI=1S/C18H14N2OS/c1-21-17-10-6-5-9-14(17)16-12-22-18-19-15(11-20(16)18)13-7-3-2-4-8-13/h2-12H,1H3. The maximum absolute atomic E-state index is 5.48. The molecule has 3 nitrogen and oxygen atoms in total. The Balaban J connectivity index is 1.88. The van der Waals surface area contributed by atoms with Crippen molar-refractivity contribution < 1.29 is 4.74 Å². The van der Waals surface area contributed by atoms with Gasteiger partial charge in [-0.2, -0.15) is 0 Å². The van der Waals surface area contributed by atoms with E-state index in [0.717, 1.165) is 33.2 Å². The van der Waals surface area contributed by atoms with Crippen LogP contribution in [0.1, 0.15) is 0 Å². The quantitative estimate of drug-likeness (QED) is 0.546. The predicted molar refractivity (Wildman–Crippen MR) is 90.5 cm³/mol. The monoisotopic (exact) mass is 306 g/mol. The molecule has 0 saturated heterocycles. The van der Waals surface area contributed by atoms with E-state index in [-0.39, 0.29) is 0 Å². The third-order valence-electron chi connectivity index (χ3n) is 3.66. The number of hydrogen-bond acceptors (Lipinski definition) is 3. The molecule has 0 atom stereocenters. The molecule has 0 unspecified atom stereocenters. The highest BCUT2D eigenvalue weighted by atomic mass is 32.1. The number of thiazole rings is 1.